The fraction of sp³-hybridized carbons (Fsp3) is 0.0769. The average Bonchev–Trinajstić information content (AvgIpc) is 2.81. The maximum absolute atomic E-state index is 12.7. The highest BCUT2D eigenvalue weighted by molar-refractivity contribution is 5.89. The Balaban J connectivity index is 1.49. The topological polar surface area (TPSA) is 75.0 Å². The maximum Gasteiger partial charge on any atom is 0.336 e. The van der Waals surface area contributed by atoms with Crippen LogP contribution in [0.5, 0.6) is 23.0 Å². The normalized spacial score (nSPS) is 10.9. The molecular weight excluding hydrogens is 408 g/mol. The molecule has 0 fully saturated rings. The van der Waals surface area contributed by atoms with Gasteiger partial charge in [-0.3, -0.25) is 4.79 Å². The van der Waals surface area contributed by atoms with E-state index in [1.165, 1.54) is 30.5 Å². The van der Waals surface area contributed by atoms with E-state index < -0.39 is 5.97 Å². The molecule has 1 heterocycles. The molecule has 4 rings (SSSR count). The number of carbonyl (C=O) groups is 1. The maximum atomic E-state index is 12.7. The van der Waals surface area contributed by atoms with Crippen LogP contribution in [0.15, 0.2) is 88.3 Å². The molecule has 0 amide bonds. The van der Waals surface area contributed by atoms with Gasteiger partial charge in [-0.2, -0.15) is 0 Å². The summed E-state index contributed by atoms with van der Waals surface area (Å²) in [6, 6.07) is 19.1. The van der Waals surface area contributed by atoms with Crippen molar-refractivity contribution in [2.45, 2.75) is 6.92 Å². The standard InChI is InChI=1S/C26H20O6/c1-17-3-5-18(6-4-17)7-14-25(27)32-21-12-13-22-23(15-21)30-16-24(26(22)28)31-20-10-8-19(29-2)9-11-20/h3-16H,1-2H3. The summed E-state index contributed by atoms with van der Waals surface area (Å²) in [6.07, 6.45) is 4.25. The van der Waals surface area contributed by atoms with E-state index in [1.54, 1.807) is 37.5 Å². The molecule has 160 valence electrons. The van der Waals surface area contributed by atoms with Gasteiger partial charge in [-0.25, -0.2) is 4.79 Å². The van der Waals surface area contributed by atoms with Crippen molar-refractivity contribution in [2.75, 3.05) is 7.11 Å². The van der Waals surface area contributed by atoms with Crippen LogP contribution in [0, 0.1) is 6.92 Å². The molecule has 0 N–H and O–H groups in total. The number of esters is 1. The molecule has 0 saturated carbocycles. The summed E-state index contributed by atoms with van der Waals surface area (Å²) in [5.41, 5.74) is 1.98. The van der Waals surface area contributed by atoms with Crippen molar-refractivity contribution in [3.05, 3.63) is 100 Å². The van der Waals surface area contributed by atoms with E-state index in [0.29, 0.717) is 16.9 Å². The number of methoxy groups -OCH3 is 1. The summed E-state index contributed by atoms with van der Waals surface area (Å²) in [5.74, 6) is 0.935. The summed E-state index contributed by atoms with van der Waals surface area (Å²) in [6.45, 7) is 1.99. The van der Waals surface area contributed by atoms with Gasteiger partial charge in [0.25, 0.3) is 0 Å². The zero-order chi connectivity index (χ0) is 22.5. The third kappa shape index (κ3) is 4.87. The Bertz CT molecular complexity index is 1330. The van der Waals surface area contributed by atoms with Crippen LogP contribution in [-0.4, -0.2) is 13.1 Å². The molecule has 0 saturated heterocycles. The van der Waals surface area contributed by atoms with Crippen LogP contribution in [0.1, 0.15) is 11.1 Å². The van der Waals surface area contributed by atoms with Gasteiger partial charge in [0.15, 0.2) is 0 Å². The number of aryl methyl sites for hydroxylation is 1. The van der Waals surface area contributed by atoms with Crippen LogP contribution in [0.25, 0.3) is 17.0 Å². The quantitative estimate of drug-likeness (QED) is 0.229. The van der Waals surface area contributed by atoms with Gasteiger partial charge < -0.3 is 18.6 Å². The van der Waals surface area contributed by atoms with Gasteiger partial charge in [0.2, 0.25) is 11.2 Å². The highest BCUT2D eigenvalue weighted by atomic mass is 16.5. The minimum atomic E-state index is -0.535. The monoisotopic (exact) mass is 428 g/mol. The van der Waals surface area contributed by atoms with Gasteiger partial charge in [0.05, 0.1) is 12.5 Å². The molecule has 6 heteroatoms. The Labute approximate surface area is 184 Å². The minimum Gasteiger partial charge on any atom is -0.497 e. The average molecular weight is 428 g/mol. The highest BCUT2D eigenvalue weighted by Gasteiger charge is 2.11. The lowest BCUT2D eigenvalue weighted by Gasteiger charge is -2.07. The lowest BCUT2D eigenvalue weighted by molar-refractivity contribution is -0.128. The zero-order valence-electron chi connectivity index (χ0n) is 17.5. The van der Waals surface area contributed by atoms with Crippen molar-refractivity contribution in [3.63, 3.8) is 0 Å². The second-order valence-corrected chi connectivity index (χ2v) is 7.03. The molecular formula is C26H20O6. The first-order valence-corrected chi connectivity index (χ1v) is 9.86. The molecule has 6 nitrogen and oxygen atoms in total. The molecule has 0 aliphatic rings. The lowest BCUT2D eigenvalue weighted by Crippen LogP contribution is -2.06. The smallest absolute Gasteiger partial charge is 0.336 e. The van der Waals surface area contributed by atoms with Crippen molar-refractivity contribution in [1.82, 2.24) is 0 Å². The van der Waals surface area contributed by atoms with Crippen molar-refractivity contribution >= 4 is 23.0 Å². The summed E-state index contributed by atoms with van der Waals surface area (Å²) in [4.78, 5) is 24.9. The first-order chi connectivity index (χ1) is 15.5. The lowest BCUT2D eigenvalue weighted by atomic mass is 10.1. The van der Waals surface area contributed by atoms with Gasteiger partial charge in [-0.15, -0.1) is 0 Å². The number of fused-ring (bicyclic) bond motifs is 1. The van der Waals surface area contributed by atoms with Crippen LogP contribution in [-0.2, 0) is 4.79 Å². The van der Waals surface area contributed by atoms with Crippen molar-refractivity contribution < 1.29 is 23.4 Å². The summed E-state index contributed by atoms with van der Waals surface area (Å²) in [5, 5.41) is 0.311. The number of carbonyl (C=O) groups excluding carboxylic acids is 1. The predicted molar refractivity (Wildman–Crippen MR) is 121 cm³/mol. The van der Waals surface area contributed by atoms with Crippen LogP contribution in [0.2, 0.25) is 0 Å². The predicted octanol–water partition coefficient (Wildman–Crippen LogP) is 5.52. The van der Waals surface area contributed by atoms with Crippen molar-refractivity contribution in [3.8, 4) is 23.0 Å². The Hall–Kier alpha value is -4.32. The van der Waals surface area contributed by atoms with Crippen LogP contribution in [0.3, 0.4) is 0 Å². The van der Waals surface area contributed by atoms with Gasteiger partial charge in [0, 0.05) is 12.1 Å². The van der Waals surface area contributed by atoms with E-state index in [9.17, 15) is 9.59 Å². The fourth-order valence-corrected chi connectivity index (χ4v) is 2.99. The molecule has 0 aliphatic heterocycles. The van der Waals surface area contributed by atoms with Gasteiger partial charge in [-0.05, 0) is 55.0 Å². The second-order valence-electron chi connectivity index (χ2n) is 7.03. The van der Waals surface area contributed by atoms with E-state index >= 15 is 0 Å². The highest BCUT2D eigenvalue weighted by Crippen LogP contribution is 2.25. The molecule has 32 heavy (non-hydrogen) atoms. The number of ether oxygens (including phenoxy) is 3. The van der Waals surface area contributed by atoms with Crippen LogP contribution < -0.4 is 19.6 Å². The van der Waals surface area contributed by atoms with E-state index in [0.717, 1.165) is 11.1 Å². The third-order valence-corrected chi connectivity index (χ3v) is 4.71. The van der Waals surface area contributed by atoms with Crippen molar-refractivity contribution in [1.29, 1.82) is 0 Å². The van der Waals surface area contributed by atoms with Gasteiger partial charge >= 0.3 is 5.97 Å². The van der Waals surface area contributed by atoms with E-state index in [2.05, 4.69) is 0 Å². The number of benzene rings is 3. The molecule has 0 unspecified atom stereocenters. The summed E-state index contributed by atoms with van der Waals surface area (Å²) < 4.78 is 21.6. The number of rotatable bonds is 6. The van der Waals surface area contributed by atoms with E-state index in [4.69, 9.17) is 18.6 Å². The van der Waals surface area contributed by atoms with Gasteiger partial charge in [-0.1, -0.05) is 29.8 Å². The fourth-order valence-electron chi connectivity index (χ4n) is 2.99. The Morgan fingerprint density at radius 1 is 0.906 bits per heavy atom. The SMILES string of the molecule is COc1ccc(Oc2coc3cc(OC(=O)C=Cc4ccc(C)cc4)ccc3c2=O)cc1. The molecule has 0 atom stereocenters. The van der Waals surface area contributed by atoms with E-state index in [1.807, 2.05) is 31.2 Å². The van der Waals surface area contributed by atoms with Crippen LogP contribution in [0.4, 0.5) is 0 Å². The van der Waals surface area contributed by atoms with E-state index in [-0.39, 0.29) is 22.5 Å². The summed E-state index contributed by atoms with van der Waals surface area (Å²) in [7, 11) is 1.57. The molecule has 0 bridgehead atoms. The van der Waals surface area contributed by atoms with Gasteiger partial charge in [0.1, 0.15) is 29.1 Å². The Morgan fingerprint density at radius 2 is 1.59 bits per heavy atom. The first kappa shape index (κ1) is 20.9. The first-order valence-electron chi connectivity index (χ1n) is 9.86. The largest absolute Gasteiger partial charge is 0.497 e. The number of hydrogen-bond donors (Lipinski definition) is 0. The molecule has 0 radical (unpaired) electrons. The van der Waals surface area contributed by atoms with Crippen LogP contribution >= 0.6 is 0 Å². The summed E-state index contributed by atoms with van der Waals surface area (Å²) >= 11 is 0. The zero-order valence-corrected chi connectivity index (χ0v) is 17.5. The molecule has 3 aromatic carbocycles. The minimum absolute atomic E-state index is 0.0495. The molecule has 1 aromatic heterocycles. The third-order valence-electron chi connectivity index (χ3n) is 4.71. The Kier molecular flexibility index (Phi) is 6.03. The second kappa shape index (κ2) is 9.22. The van der Waals surface area contributed by atoms with Crippen molar-refractivity contribution in [2.24, 2.45) is 0 Å². The molecule has 0 spiro atoms. The molecule has 0 aliphatic carbocycles. The molecule has 4 aromatic rings. The Morgan fingerprint density at radius 3 is 2.31 bits per heavy atom. The number of hydrogen-bond acceptors (Lipinski definition) is 6.